The Morgan fingerprint density at radius 1 is 1.12 bits per heavy atom. The molecule has 2 aromatic carbocycles. The van der Waals surface area contributed by atoms with E-state index in [4.69, 9.17) is 4.74 Å². The lowest BCUT2D eigenvalue weighted by molar-refractivity contribution is 0.340. The number of hydrogen-bond donors (Lipinski definition) is 0. The van der Waals surface area contributed by atoms with E-state index in [0.29, 0.717) is 17.4 Å². The van der Waals surface area contributed by atoms with E-state index in [1.165, 1.54) is 23.9 Å². The van der Waals surface area contributed by atoms with Gasteiger partial charge in [-0.15, -0.1) is 0 Å². The van der Waals surface area contributed by atoms with Crippen LogP contribution < -0.4 is 10.3 Å². The summed E-state index contributed by atoms with van der Waals surface area (Å²) in [6, 6.07) is 13.6. The summed E-state index contributed by atoms with van der Waals surface area (Å²) >= 11 is 1.33. The number of thioether (sulfide) groups is 1. The molecule has 0 aliphatic heterocycles. The van der Waals surface area contributed by atoms with E-state index in [1.54, 1.807) is 29.1 Å². The van der Waals surface area contributed by atoms with E-state index >= 15 is 0 Å². The highest BCUT2D eigenvalue weighted by atomic mass is 32.2. The summed E-state index contributed by atoms with van der Waals surface area (Å²) in [6.07, 6.45) is 3.24. The molecule has 0 amide bonds. The van der Waals surface area contributed by atoms with Gasteiger partial charge in [0, 0.05) is 23.8 Å². The Balaban J connectivity index is 1.79. The first-order valence-corrected chi connectivity index (χ1v) is 8.84. The van der Waals surface area contributed by atoms with E-state index in [-0.39, 0.29) is 11.4 Å². The molecule has 0 N–H and O–H groups in total. The van der Waals surface area contributed by atoms with Crippen LogP contribution in [0.4, 0.5) is 4.39 Å². The second kappa shape index (κ2) is 7.98. The zero-order chi connectivity index (χ0) is 17.6. The molecule has 25 heavy (non-hydrogen) atoms. The molecule has 0 fully saturated rings. The van der Waals surface area contributed by atoms with Gasteiger partial charge in [0.05, 0.1) is 6.61 Å². The SMILES string of the molecule is CCOc1ccc(-n2ccnc(SCc3ccc(F)cc3)c2=O)cc1. The van der Waals surface area contributed by atoms with Gasteiger partial charge >= 0.3 is 0 Å². The smallest absolute Gasteiger partial charge is 0.287 e. The maximum atomic E-state index is 13.0. The maximum Gasteiger partial charge on any atom is 0.287 e. The third-order valence-corrected chi connectivity index (χ3v) is 4.56. The number of benzene rings is 2. The molecule has 0 saturated heterocycles. The van der Waals surface area contributed by atoms with Gasteiger partial charge in [0.15, 0.2) is 5.03 Å². The van der Waals surface area contributed by atoms with Gasteiger partial charge in [-0.3, -0.25) is 9.36 Å². The molecule has 0 radical (unpaired) electrons. The fourth-order valence-corrected chi connectivity index (χ4v) is 3.15. The van der Waals surface area contributed by atoms with Gasteiger partial charge in [0.2, 0.25) is 0 Å². The van der Waals surface area contributed by atoms with Crippen LogP contribution in [0.25, 0.3) is 5.69 Å². The van der Waals surface area contributed by atoms with Crippen LogP contribution in [0.1, 0.15) is 12.5 Å². The average molecular weight is 356 g/mol. The number of halogens is 1. The number of nitrogens with zero attached hydrogens (tertiary/aromatic N) is 2. The van der Waals surface area contributed by atoms with Crippen LogP contribution in [0.15, 0.2) is 70.7 Å². The van der Waals surface area contributed by atoms with E-state index in [2.05, 4.69) is 4.98 Å². The van der Waals surface area contributed by atoms with Gasteiger partial charge < -0.3 is 4.74 Å². The van der Waals surface area contributed by atoms with Crippen molar-refractivity contribution in [2.24, 2.45) is 0 Å². The lowest BCUT2D eigenvalue weighted by Gasteiger charge is -2.09. The second-order valence-electron chi connectivity index (χ2n) is 5.25. The first-order valence-electron chi connectivity index (χ1n) is 7.85. The highest BCUT2D eigenvalue weighted by molar-refractivity contribution is 7.98. The summed E-state index contributed by atoms with van der Waals surface area (Å²) < 4.78 is 19.9. The Morgan fingerprint density at radius 2 is 1.84 bits per heavy atom. The molecule has 0 saturated carbocycles. The molecule has 1 aromatic heterocycles. The summed E-state index contributed by atoms with van der Waals surface area (Å²) in [7, 11) is 0. The molecule has 3 rings (SSSR count). The molecule has 0 aliphatic rings. The van der Waals surface area contributed by atoms with Crippen molar-refractivity contribution < 1.29 is 9.13 Å². The maximum absolute atomic E-state index is 13.0. The predicted molar refractivity (Wildman–Crippen MR) is 97.0 cm³/mol. The monoisotopic (exact) mass is 356 g/mol. The van der Waals surface area contributed by atoms with Gasteiger partial charge in [0.25, 0.3) is 5.56 Å². The topological polar surface area (TPSA) is 44.1 Å². The van der Waals surface area contributed by atoms with Crippen molar-refractivity contribution >= 4 is 11.8 Å². The molecule has 4 nitrogen and oxygen atoms in total. The molecular weight excluding hydrogens is 339 g/mol. The van der Waals surface area contributed by atoms with Gasteiger partial charge in [-0.1, -0.05) is 23.9 Å². The average Bonchev–Trinajstić information content (AvgIpc) is 2.63. The fraction of sp³-hybridized carbons (Fsp3) is 0.158. The molecule has 0 spiro atoms. The second-order valence-corrected chi connectivity index (χ2v) is 6.21. The first-order chi connectivity index (χ1) is 12.2. The zero-order valence-electron chi connectivity index (χ0n) is 13.7. The van der Waals surface area contributed by atoms with Crippen LogP contribution in [0, 0.1) is 5.82 Å². The van der Waals surface area contributed by atoms with Crippen LogP contribution >= 0.6 is 11.8 Å². The van der Waals surface area contributed by atoms with E-state index in [1.807, 2.05) is 31.2 Å². The minimum atomic E-state index is -0.274. The van der Waals surface area contributed by atoms with Crippen molar-refractivity contribution in [2.45, 2.75) is 17.7 Å². The summed E-state index contributed by atoms with van der Waals surface area (Å²) in [6.45, 7) is 2.52. The number of ether oxygens (including phenoxy) is 1. The van der Waals surface area contributed by atoms with Crippen LogP contribution in [-0.2, 0) is 5.75 Å². The molecule has 1 heterocycles. The van der Waals surface area contributed by atoms with Crippen LogP contribution in [0.5, 0.6) is 5.75 Å². The quantitative estimate of drug-likeness (QED) is 0.625. The summed E-state index contributed by atoms with van der Waals surface area (Å²) in [5, 5.41) is 0.403. The zero-order valence-corrected chi connectivity index (χ0v) is 14.5. The van der Waals surface area contributed by atoms with Crippen molar-refractivity contribution in [1.29, 1.82) is 0 Å². The summed E-state index contributed by atoms with van der Waals surface area (Å²) in [4.78, 5) is 16.8. The van der Waals surface area contributed by atoms with Gasteiger partial charge in [-0.25, -0.2) is 9.37 Å². The Hall–Kier alpha value is -2.60. The van der Waals surface area contributed by atoms with E-state index in [0.717, 1.165) is 17.0 Å². The van der Waals surface area contributed by atoms with Crippen molar-refractivity contribution in [3.8, 4) is 11.4 Å². The number of hydrogen-bond acceptors (Lipinski definition) is 4. The Bertz CT molecular complexity index is 893. The van der Waals surface area contributed by atoms with Gasteiger partial charge in [-0.05, 0) is 48.9 Å². The normalized spacial score (nSPS) is 10.6. The third kappa shape index (κ3) is 4.28. The van der Waals surface area contributed by atoms with Gasteiger partial charge in [0.1, 0.15) is 11.6 Å². The number of rotatable bonds is 6. The minimum absolute atomic E-state index is 0.182. The predicted octanol–water partition coefficient (Wildman–Crippen LogP) is 4.06. The Morgan fingerprint density at radius 3 is 2.52 bits per heavy atom. The highest BCUT2D eigenvalue weighted by Gasteiger charge is 2.08. The van der Waals surface area contributed by atoms with Crippen LogP contribution in [-0.4, -0.2) is 16.2 Å². The lowest BCUT2D eigenvalue weighted by Crippen LogP contribution is -2.20. The Kier molecular flexibility index (Phi) is 5.50. The lowest BCUT2D eigenvalue weighted by atomic mass is 10.2. The van der Waals surface area contributed by atoms with Crippen molar-refractivity contribution in [3.63, 3.8) is 0 Å². The Labute approximate surface area is 149 Å². The van der Waals surface area contributed by atoms with Crippen LogP contribution in [0.3, 0.4) is 0 Å². The largest absolute Gasteiger partial charge is 0.494 e. The fourth-order valence-electron chi connectivity index (χ4n) is 2.30. The first kappa shape index (κ1) is 17.2. The summed E-state index contributed by atoms with van der Waals surface area (Å²) in [5.74, 6) is 1.04. The van der Waals surface area contributed by atoms with Gasteiger partial charge in [-0.2, -0.15) is 0 Å². The minimum Gasteiger partial charge on any atom is -0.494 e. The van der Waals surface area contributed by atoms with Crippen molar-refractivity contribution in [1.82, 2.24) is 9.55 Å². The summed E-state index contributed by atoms with van der Waals surface area (Å²) in [5.41, 5.74) is 1.50. The van der Waals surface area contributed by atoms with E-state index in [9.17, 15) is 9.18 Å². The molecule has 0 atom stereocenters. The number of aromatic nitrogens is 2. The molecule has 0 aliphatic carbocycles. The molecule has 3 aromatic rings. The molecule has 6 heteroatoms. The highest BCUT2D eigenvalue weighted by Crippen LogP contribution is 2.19. The third-order valence-electron chi connectivity index (χ3n) is 3.52. The van der Waals surface area contributed by atoms with E-state index < -0.39 is 0 Å². The van der Waals surface area contributed by atoms with Crippen LogP contribution in [0.2, 0.25) is 0 Å². The molecular formula is C19H17FN2O2S. The molecule has 128 valence electrons. The van der Waals surface area contributed by atoms with Crippen molar-refractivity contribution in [2.75, 3.05) is 6.61 Å². The standard InChI is InChI=1S/C19H17FN2O2S/c1-2-24-17-9-7-16(8-10-17)22-12-11-21-18(19(22)23)25-13-14-3-5-15(20)6-4-14/h3-12H,2,13H2,1H3. The van der Waals surface area contributed by atoms with Crippen molar-refractivity contribution in [3.05, 3.63) is 82.7 Å². The molecule has 0 unspecified atom stereocenters. The molecule has 0 bridgehead atoms.